The van der Waals surface area contributed by atoms with E-state index >= 15 is 0 Å². The van der Waals surface area contributed by atoms with E-state index in [1.165, 1.54) is 70.6 Å². The van der Waals surface area contributed by atoms with Crippen molar-refractivity contribution in [3.05, 3.63) is 58.7 Å². The second kappa shape index (κ2) is 7.39. The molecule has 12 rings (SSSR count). The van der Waals surface area contributed by atoms with E-state index in [-0.39, 0.29) is 0 Å². The molecule has 0 unspecified atom stereocenters. The SMILES string of the molecule is c1cc2c(cc1C13CC4CC(CC(C4)C1)C3)C1(CCCCC1)c1cc(C34CC5CC(CC(C5)C3)C4)ccc1-2. The second-order valence-corrected chi connectivity index (χ2v) is 16.6. The predicted molar refractivity (Wildman–Crippen MR) is 155 cm³/mol. The summed E-state index contributed by atoms with van der Waals surface area (Å²) >= 11 is 0. The number of hydrogen-bond donors (Lipinski definition) is 0. The highest BCUT2D eigenvalue weighted by Gasteiger charge is 2.54. The van der Waals surface area contributed by atoms with Gasteiger partial charge in [-0.1, -0.05) is 55.7 Å². The summed E-state index contributed by atoms with van der Waals surface area (Å²) in [4.78, 5) is 0. The zero-order chi connectivity index (χ0) is 24.7. The third kappa shape index (κ3) is 2.84. The molecule has 9 saturated carbocycles. The van der Waals surface area contributed by atoms with Crippen LogP contribution in [-0.2, 0) is 16.2 Å². The van der Waals surface area contributed by atoms with Gasteiger partial charge >= 0.3 is 0 Å². The lowest BCUT2D eigenvalue weighted by Crippen LogP contribution is -2.48. The third-order valence-corrected chi connectivity index (χ3v) is 14.4. The van der Waals surface area contributed by atoms with Crippen LogP contribution in [0.4, 0.5) is 0 Å². The Labute approximate surface area is 230 Å². The topological polar surface area (TPSA) is 0 Å². The summed E-state index contributed by atoms with van der Waals surface area (Å²) in [6.45, 7) is 0. The molecule has 0 heterocycles. The van der Waals surface area contributed by atoms with Crippen LogP contribution >= 0.6 is 0 Å². The van der Waals surface area contributed by atoms with Crippen LogP contribution in [0.25, 0.3) is 11.1 Å². The fourth-order valence-electron chi connectivity index (χ4n) is 13.8. The number of hydrogen-bond acceptors (Lipinski definition) is 0. The van der Waals surface area contributed by atoms with Gasteiger partial charge in [-0.3, -0.25) is 0 Å². The number of benzene rings is 2. The van der Waals surface area contributed by atoms with Crippen LogP contribution in [0, 0.1) is 35.5 Å². The summed E-state index contributed by atoms with van der Waals surface area (Å²) in [7, 11) is 0. The Balaban J connectivity index is 1.10. The van der Waals surface area contributed by atoms with Crippen molar-refractivity contribution in [2.75, 3.05) is 0 Å². The quantitative estimate of drug-likeness (QED) is 0.383. The Morgan fingerprint density at radius 1 is 0.447 bits per heavy atom. The van der Waals surface area contributed by atoms with Gasteiger partial charge in [-0.15, -0.1) is 0 Å². The number of fused-ring (bicyclic) bond motifs is 5. The smallest absolute Gasteiger partial charge is 0.0215 e. The van der Waals surface area contributed by atoms with Gasteiger partial charge in [0.25, 0.3) is 0 Å². The van der Waals surface area contributed by atoms with E-state index in [0.29, 0.717) is 16.2 Å². The molecule has 10 aliphatic rings. The van der Waals surface area contributed by atoms with E-state index in [0.717, 1.165) is 35.5 Å². The van der Waals surface area contributed by atoms with Gasteiger partial charge in [-0.2, -0.15) is 0 Å². The number of rotatable bonds is 2. The van der Waals surface area contributed by atoms with Crippen LogP contribution in [0.3, 0.4) is 0 Å². The van der Waals surface area contributed by atoms with Crippen LogP contribution in [0.2, 0.25) is 0 Å². The minimum atomic E-state index is 0.305. The van der Waals surface area contributed by atoms with E-state index in [1.54, 1.807) is 71.9 Å². The summed E-state index contributed by atoms with van der Waals surface area (Å²) in [5, 5.41) is 0. The summed E-state index contributed by atoms with van der Waals surface area (Å²) in [5.74, 6) is 6.16. The van der Waals surface area contributed by atoms with E-state index in [1.807, 2.05) is 0 Å². The monoisotopic (exact) mass is 502 g/mol. The molecule has 0 aromatic heterocycles. The van der Waals surface area contributed by atoms with Gasteiger partial charge in [0.1, 0.15) is 0 Å². The van der Waals surface area contributed by atoms with Crippen molar-refractivity contribution in [3.63, 3.8) is 0 Å². The zero-order valence-corrected chi connectivity index (χ0v) is 23.4. The first-order chi connectivity index (χ1) is 18.6. The maximum atomic E-state index is 2.83. The van der Waals surface area contributed by atoms with Crippen molar-refractivity contribution in [1.82, 2.24) is 0 Å². The van der Waals surface area contributed by atoms with Crippen LogP contribution in [0.15, 0.2) is 36.4 Å². The lowest BCUT2D eigenvalue weighted by Gasteiger charge is -2.57. The molecule has 10 aliphatic carbocycles. The summed E-state index contributed by atoms with van der Waals surface area (Å²) < 4.78 is 0. The van der Waals surface area contributed by atoms with Crippen LogP contribution < -0.4 is 0 Å². The molecule has 1 spiro atoms. The molecule has 0 aliphatic heterocycles. The molecule has 9 fully saturated rings. The maximum absolute atomic E-state index is 2.83. The van der Waals surface area contributed by atoms with Gasteiger partial charge in [0, 0.05) is 5.41 Å². The Bertz CT molecular complexity index is 1150. The first kappa shape index (κ1) is 22.2. The average Bonchev–Trinajstić information content (AvgIpc) is 3.16. The van der Waals surface area contributed by atoms with Crippen molar-refractivity contribution in [2.45, 2.75) is 125 Å². The minimum Gasteiger partial charge on any atom is -0.0578 e. The minimum absolute atomic E-state index is 0.305. The van der Waals surface area contributed by atoms with E-state index in [9.17, 15) is 0 Å². The van der Waals surface area contributed by atoms with Crippen LogP contribution in [-0.4, -0.2) is 0 Å². The van der Waals surface area contributed by atoms with Gasteiger partial charge in [-0.05, 0) is 170 Å². The van der Waals surface area contributed by atoms with Gasteiger partial charge in [0.2, 0.25) is 0 Å². The Hall–Kier alpha value is -1.56. The fraction of sp³-hybridized carbons (Fsp3) is 0.684. The second-order valence-electron chi connectivity index (χ2n) is 16.6. The van der Waals surface area contributed by atoms with Gasteiger partial charge < -0.3 is 0 Å². The highest BCUT2D eigenvalue weighted by molar-refractivity contribution is 5.82. The van der Waals surface area contributed by atoms with Crippen molar-refractivity contribution in [3.8, 4) is 11.1 Å². The van der Waals surface area contributed by atoms with E-state index in [2.05, 4.69) is 36.4 Å². The Kier molecular flexibility index (Phi) is 4.31. The van der Waals surface area contributed by atoms with Gasteiger partial charge in [-0.25, -0.2) is 0 Å². The molecule has 38 heavy (non-hydrogen) atoms. The standard InChI is InChI=1S/C38H46/c1-2-8-38(9-3-1)34-16-30(36-18-24-10-25(19-36)12-26(11-24)20-36)4-6-32(34)33-7-5-31(17-35(33)38)37-21-27-13-28(22-37)15-29(14-27)23-37/h4-7,16-17,24-29H,1-3,8-15,18-23H2. The molecule has 2 aromatic carbocycles. The highest BCUT2D eigenvalue weighted by atomic mass is 14.6. The summed E-state index contributed by atoms with van der Waals surface area (Å²) in [6, 6.07) is 16.2. The van der Waals surface area contributed by atoms with Crippen LogP contribution in [0.5, 0.6) is 0 Å². The molecule has 0 heteroatoms. The molecule has 8 bridgehead atoms. The molecule has 0 atom stereocenters. The lowest BCUT2D eigenvalue weighted by molar-refractivity contribution is -0.00530. The third-order valence-electron chi connectivity index (χ3n) is 14.4. The molecule has 198 valence electrons. The molecular weight excluding hydrogens is 456 g/mol. The first-order valence-electron chi connectivity index (χ1n) is 16.9. The molecule has 0 nitrogen and oxygen atoms in total. The largest absolute Gasteiger partial charge is 0.0578 e. The van der Waals surface area contributed by atoms with E-state index in [4.69, 9.17) is 0 Å². The van der Waals surface area contributed by atoms with Crippen molar-refractivity contribution >= 4 is 0 Å². The molecule has 0 radical (unpaired) electrons. The lowest BCUT2D eigenvalue weighted by atomic mass is 9.48. The Morgan fingerprint density at radius 3 is 1.18 bits per heavy atom. The summed E-state index contributed by atoms with van der Waals surface area (Å²) in [5.41, 5.74) is 11.6. The molecular formula is C38H46. The first-order valence-corrected chi connectivity index (χ1v) is 16.9. The highest BCUT2D eigenvalue weighted by Crippen LogP contribution is 2.64. The average molecular weight is 503 g/mol. The molecule has 0 saturated heterocycles. The molecule has 0 amide bonds. The molecule has 2 aromatic rings. The zero-order valence-electron chi connectivity index (χ0n) is 23.4. The van der Waals surface area contributed by atoms with Gasteiger partial charge in [0.05, 0.1) is 0 Å². The normalized spacial score (nSPS) is 44.5. The maximum Gasteiger partial charge on any atom is 0.0215 e. The Morgan fingerprint density at radius 2 is 0.816 bits per heavy atom. The van der Waals surface area contributed by atoms with Crippen molar-refractivity contribution < 1.29 is 0 Å². The van der Waals surface area contributed by atoms with Crippen molar-refractivity contribution in [2.24, 2.45) is 35.5 Å². The van der Waals surface area contributed by atoms with Crippen molar-refractivity contribution in [1.29, 1.82) is 0 Å². The molecule has 0 N–H and O–H groups in total. The predicted octanol–water partition coefficient (Wildman–Crippen LogP) is 9.85. The van der Waals surface area contributed by atoms with Crippen LogP contribution in [0.1, 0.15) is 131 Å². The fourth-order valence-corrected chi connectivity index (χ4v) is 13.8. The van der Waals surface area contributed by atoms with E-state index < -0.39 is 0 Å². The summed E-state index contributed by atoms with van der Waals surface area (Å²) in [6.07, 6.45) is 25.3. The van der Waals surface area contributed by atoms with Gasteiger partial charge in [0.15, 0.2) is 0 Å².